The van der Waals surface area contributed by atoms with Gasteiger partial charge in [0.1, 0.15) is 23.0 Å². The third kappa shape index (κ3) is 3.13. The van der Waals surface area contributed by atoms with Gasteiger partial charge in [-0.1, -0.05) is 18.2 Å². The van der Waals surface area contributed by atoms with Crippen LogP contribution in [0.15, 0.2) is 53.7 Å². The van der Waals surface area contributed by atoms with Crippen LogP contribution >= 0.6 is 0 Å². The molecule has 7 nitrogen and oxygen atoms in total. The predicted molar refractivity (Wildman–Crippen MR) is 101 cm³/mol. The maximum Gasteiger partial charge on any atom is 0.274 e. The highest BCUT2D eigenvalue weighted by atomic mass is 32.2. The summed E-state index contributed by atoms with van der Waals surface area (Å²) < 4.78 is 44.7. The van der Waals surface area contributed by atoms with E-state index in [-0.39, 0.29) is 34.5 Å². The number of carbonyl (C=O) groups excluding carboxylic acids is 1. The van der Waals surface area contributed by atoms with Gasteiger partial charge >= 0.3 is 0 Å². The van der Waals surface area contributed by atoms with Crippen molar-refractivity contribution in [1.82, 2.24) is 9.55 Å². The summed E-state index contributed by atoms with van der Waals surface area (Å²) in [5.74, 6) is -0.635. The molecule has 0 atom stereocenters. The number of amides is 1. The van der Waals surface area contributed by atoms with E-state index in [9.17, 15) is 17.6 Å². The van der Waals surface area contributed by atoms with Crippen LogP contribution in [-0.2, 0) is 16.4 Å². The fourth-order valence-corrected chi connectivity index (χ4v) is 4.49. The van der Waals surface area contributed by atoms with Crippen molar-refractivity contribution in [2.45, 2.75) is 11.7 Å². The Balaban J connectivity index is 1.84. The van der Waals surface area contributed by atoms with E-state index in [2.05, 4.69) is 10.3 Å². The normalized spacial score (nSPS) is 14.5. The van der Waals surface area contributed by atoms with Gasteiger partial charge in [0.25, 0.3) is 5.91 Å². The number of sulfone groups is 1. The first kappa shape index (κ1) is 18.2. The smallest absolute Gasteiger partial charge is 0.274 e. The average molecular weight is 401 g/mol. The zero-order valence-corrected chi connectivity index (χ0v) is 15.7. The highest BCUT2D eigenvalue weighted by molar-refractivity contribution is 7.91. The number of rotatable bonds is 4. The lowest BCUT2D eigenvalue weighted by Gasteiger charge is -2.10. The van der Waals surface area contributed by atoms with Crippen molar-refractivity contribution in [3.63, 3.8) is 0 Å². The minimum Gasteiger partial charge on any atom is -0.497 e. The molecule has 3 aromatic rings. The number of ether oxygens (including phenoxy) is 1. The van der Waals surface area contributed by atoms with E-state index in [0.29, 0.717) is 11.3 Å². The second-order valence-electron chi connectivity index (χ2n) is 6.26. The molecular weight excluding hydrogens is 385 g/mol. The molecule has 144 valence electrons. The van der Waals surface area contributed by atoms with Gasteiger partial charge in [0, 0.05) is 17.8 Å². The second-order valence-corrected chi connectivity index (χ2v) is 8.26. The molecule has 0 radical (unpaired) electrons. The molecule has 0 saturated heterocycles. The standard InChI is InChI=1S/C19H16FN3O4S/c1-27-15-7-2-4-12(10-15)16-17(23-8-9-28(25,26)19(23)22-16)18(24)21-14-6-3-5-13(20)11-14/h2-7,10-11H,8-9H2,1H3,(H,21,24). The predicted octanol–water partition coefficient (Wildman–Crippen LogP) is 2.74. The Morgan fingerprint density at radius 3 is 2.75 bits per heavy atom. The molecule has 0 fully saturated rings. The molecule has 0 unspecified atom stereocenters. The molecule has 1 amide bonds. The number of hydrogen-bond donors (Lipinski definition) is 1. The van der Waals surface area contributed by atoms with Crippen LogP contribution in [-0.4, -0.2) is 36.7 Å². The summed E-state index contributed by atoms with van der Waals surface area (Å²) in [7, 11) is -2.06. The Bertz CT molecular complexity index is 1190. The highest BCUT2D eigenvalue weighted by Crippen LogP contribution is 2.32. The quantitative estimate of drug-likeness (QED) is 0.726. The van der Waals surface area contributed by atoms with E-state index in [4.69, 9.17) is 4.74 Å². The number of anilines is 1. The largest absolute Gasteiger partial charge is 0.497 e. The lowest BCUT2D eigenvalue weighted by atomic mass is 10.1. The summed E-state index contributed by atoms with van der Waals surface area (Å²) in [5, 5.41) is 2.47. The Morgan fingerprint density at radius 1 is 1.21 bits per heavy atom. The molecule has 0 bridgehead atoms. The van der Waals surface area contributed by atoms with Gasteiger partial charge in [-0.15, -0.1) is 0 Å². The molecule has 28 heavy (non-hydrogen) atoms. The lowest BCUT2D eigenvalue weighted by Crippen LogP contribution is -2.18. The van der Waals surface area contributed by atoms with Gasteiger partial charge in [0.15, 0.2) is 0 Å². The SMILES string of the molecule is COc1cccc(-c2nc3n(c2C(=O)Nc2cccc(F)c2)CCS3(=O)=O)c1. The van der Waals surface area contributed by atoms with Gasteiger partial charge in [-0.3, -0.25) is 4.79 Å². The minimum absolute atomic E-state index is 0.105. The summed E-state index contributed by atoms with van der Waals surface area (Å²) in [4.78, 5) is 17.2. The Hall–Kier alpha value is -3.20. The number of carbonyl (C=O) groups is 1. The molecule has 1 N–H and O–H groups in total. The first-order chi connectivity index (χ1) is 13.4. The fourth-order valence-electron chi connectivity index (χ4n) is 3.14. The molecule has 0 aliphatic carbocycles. The summed E-state index contributed by atoms with van der Waals surface area (Å²) >= 11 is 0. The van der Waals surface area contributed by atoms with E-state index in [0.717, 1.165) is 0 Å². The van der Waals surface area contributed by atoms with Crippen molar-refractivity contribution in [2.75, 3.05) is 18.2 Å². The molecule has 4 rings (SSSR count). The number of aromatic nitrogens is 2. The number of halogens is 1. The molecule has 2 aromatic carbocycles. The first-order valence-corrected chi connectivity index (χ1v) is 10.1. The monoisotopic (exact) mass is 401 g/mol. The van der Waals surface area contributed by atoms with E-state index in [1.54, 1.807) is 30.3 Å². The number of benzene rings is 2. The van der Waals surface area contributed by atoms with Crippen LogP contribution < -0.4 is 10.1 Å². The minimum atomic E-state index is -3.56. The molecule has 9 heteroatoms. The Kier molecular flexibility index (Phi) is 4.38. The van der Waals surface area contributed by atoms with Gasteiger partial charge in [0.2, 0.25) is 15.0 Å². The molecule has 1 aliphatic rings. The number of imidazole rings is 1. The zero-order valence-electron chi connectivity index (χ0n) is 14.8. The van der Waals surface area contributed by atoms with Crippen molar-refractivity contribution in [1.29, 1.82) is 0 Å². The van der Waals surface area contributed by atoms with Crippen LogP contribution in [0.1, 0.15) is 10.5 Å². The van der Waals surface area contributed by atoms with Crippen LogP contribution in [0.25, 0.3) is 11.3 Å². The third-order valence-corrected chi connectivity index (χ3v) is 6.02. The summed E-state index contributed by atoms with van der Waals surface area (Å²) in [6.07, 6.45) is 0. The van der Waals surface area contributed by atoms with E-state index < -0.39 is 21.6 Å². The van der Waals surface area contributed by atoms with Crippen molar-refractivity contribution < 1.29 is 22.3 Å². The van der Waals surface area contributed by atoms with E-state index in [1.165, 1.54) is 29.9 Å². The highest BCUT2D eigenvalue weighted by Gasteiger charge is 2.35. The first-order valence-electron chi connectivity index (χ1n) is 8.44. The lowest BCUT2D eigenvalue weighted by molar-refractivity contribution is 0.101. The molecule has 1 aliphatic heterocycles. The van der Waals surface area contributed by atoms with Crippen LogP contribution in [0.2, 0.25) is 0 Å². The topological polar surface area (TPSA) is 90.3 Å². The van der Waals surface area contributed by atoms with E-state index in [1.807, 2.05) is 0 Å². The maximum absolute atomic E-state index is 13.4. The van der Waals surface area contributed by atoms with Gasteiger partial charge in [-0.2, -0.15) is 0 Å². The molecule has 0 spiro atoms. The average Bonchev–Trinajstić information content (AvgIpc) is 3.19. The molecule has 0 saturated carbocycles. The maximum atomic E-state index is 13.4. The van der Waals surface area contributed by atoms with Crippen LogP contribution in [0.4, 0.5) is 10.1 Å². The van der Waals surface area contributed by atoms with Gasteiger partial charge in [-0.05, 0) is 30.3 Å². The molecular formula is C19H16FN3O4S. The zero-order chi connectivity index (χ0) is 19.9. The number of nitrogens with one attached hydrogen (secondary N) is 1. The number of fused-ring (bicyclic) bond motifs is 1. The summed E-state index contributed by atoms with van der Waals surface area (Å²) in [6.45, 7) is 0.126. The number of methoxy groups -OCH3 is 1. The van der Waals surface area contributed by atoms with Crippen molar-refractivity contribution in [3.8, 4) is 17.0 Å². The number of nitrogens with zero attached hydrogens (tertiary/aromatic N) is 2. The van der Waals surface area contributed by atoms with E-state index >= 15 is 0 Å². The number of hydrogen-bond acceptors (Lipinski definition) is 5. The van der Waals surface area contributed by atoms with Gasteiger partial charge in [-0.25, -0.2) is 17.8 Å². The fraction of sp³-hybridized carbons (Fsp3) is 0.158. The van der Waals surface area contributed by atoms with Crippen molar-refractivity contribution in [2.24, 2.45) is 0 Å². The van der Waals surface area contributed by atoms with Crippen LogP contribution in [0.5, 0.6) is 5.75 Å². The molecule has 2 heterocycles. The van der Waals surface area contributed by atoms with Crippen LogP contribution in [0.3, 0.4) is 0 Å². The second kappa shape index (κ2) is 6.75. The van der Waals surface area contributed by atoms with Crippen LogP contribution in [0, 0.1) is 5.82 Å². The van der Waals surface area contributed by atoms with Gasteiger partial charge < -0.3 is 14.6 Å². The van der Waals surface area contributed by atoms with Gasteiger partial charge in [0.05, 0.1) is 12.9 Å². The Labute approximate surface area is 160 Å². The third-order valence-electron chi connectivity index (χ3n) is 4.44. The summed E-state index contributed by atoms with van der Waals surface area (Å²) in [6, 6.07) is 12.3. The van der Waals surface area contributed by atoms with Crippen molar-refractivity contribution >= 4 is 21.4 Å². The summed E-state index contributed by atoms with van der Waals surface area (Å²) in [5.41, 5.74) is 1.14. The molecule has 1 aromatic heterocycles. The van der Waals surface area contributed by atoms with Crippen molar-refractivity contribution in [3.05, 3.63) is 60.0 Å². The Morgan fingerprint density at radius 2 is 2.00 bits per heavy atom.